The van der Waals surface area contributed by atoms with Crippen LogP contribution >= 0.6 is 12.2 Å². The number of pyridine rings is 2. The van der Waals surface area contributed by atoms with E-state index in [1.165, 1.54) is 0 Å². The van der Waals surface area contributed by atoms with Gasteiger partial charge in [0.25, 0.3) is 0 Å². The van der Waals surface area contributed by atoms with Gasteiger partial charge in [-0.2, -0.15) is 0 Å². The molecular formula is C25H24N6S. The van der Waals surface area contributed by atoms with Crippen LogP contribution in [0.3, 0.4) is 0 Å². The minimum atomic E-state index is 0.303. The van der Waals surface area contributed by atoms with Gasteiger partial charge < -0.3 is 10.2 Å². The van der Waals surface area contributed by atoms with Crippen LogP contribution in [0, 0.1) is 0 Å². The molecular weight excluding hydrogens is 416 g/mol. The zero-order valence-corrected chi connectivity index (χ0v) is 19.3. The molecule has 0 radical (unpaired) electrons. The highest BCUT2D eigenvalue weighted by atomic mass is 32.1. The molecule has 3 aromatic heterocycles. The predicted octanol–water partition coefficient (Wildman–Crippen LogP) is 5.70. The molecule has 0 aliphatic heterocycles. The Labute approximate surface area is 191 Å². The van der Waals surface area contributed by atoms with Crippen molar-refractivity contribution in [3.63, 3.8) is 0 Å². The molecule has 6 nitrogen and oxygen atoms in total. The van der Waals surface area contributed by atoms with Gasteiger partial charge in [0.2, 0.25) is 0 Å². The van der Waals surface area contributed by atoms with Crippen molar-refractivity contribution in [2.24, 2.45) is 0 Å². The number of anilines is 1. The largest absolute Gasteiger partial charge is 0.344 e. The first-order valence-corrected chi connectivity index (χ1v) is 11.2. The van der Waals surface area contributed by atoms with E-state index in [0.717, 1.165) is 49.6 Å². The van der Waals surface area contributed by atoms with Crippen LogP contribution in [0.1, 0.15) is 27.7 Å². The summed E-state index contributed by atoms with van der Waals surface area (Å²) in [7, 11) is 0. The van der Waals surface area contributed by atoms with E-state index in [0.29, 0.717) is 17.2 Å². The monoisotopic (exact) mass is 440 g/mol. The van der Waals surface area contributed by atoms with Crippen molar-refractivity contribution in [3.05, 3.63) is 54.9 Å². The van der Waals surface area contributed by atoms with Crippen LogP contribution in [0.5, 0.6) is 0 Å². The number of hydrogen-bond acceptors (Lipinski definition) is 5. The third-order valence-corrected chi connectivity index (χ3v) is 5.93. The molecule has 5 aromatic rings. The molecule has 0 unspecified atom stereocenters. The van der Waals surface area contributed by atoms with E-state index in [2.05, 4.69) is 60.0 Å². The van der Waals surface area contributed by atoms with E-state index in [-0.39, 0.29) is 0 Å². The molecule has 5 rings (SSSR count). The number of thiocarbonyl (C=S) groups is 1. The lowest BCUT2D eigenvalue weighted by Crippen LogP contribution is -2.44. The number of rotatable bonds is 3. The van der Waals surface area contributed by atoms with Crippen molar-refractivity contribution in [1.82, 2.24) is 24.8 Å². The Kier molecular flexibility index (Phi) is 5.06. The van der Waals surface area contributed by atoms with Crippen molar-refractivity contribution < 1.29 is 0 Å². The average Bonchev–Trinajstić information content (AvgIpc) is 2.77. The molecule has 0 amide bonds. The summed E-state index contributed by atoms with van der Waals surface area (Å²) in [6, 6.07) is 14.5. The summed E-state index contributed by atoms with van der Waals surface area (Å²) in [5.41, 5.74) is 5.67. The van der Waals surface area contributed by atoms with Crippen LogP contribution in [0.4, 0.5) is 5.69 Å². The highest BCUT2D eigenvalue weighted by Crippen LogP contribution is 2.32. The molecule has 0 spiro atoms. The fraction of sp³-hybridized carbons (Fsp3) is 0.240. The molecule has 1 N–H and O–H groups in total. The maximum atomic E-state index is 5.69. The normalized spacial score (nSPS) is 11.8. The van der Waals surface area contributed by atoms with Gasteiger partial charge in [-0.3, -0.25) is 9.97 Å². The molecule has 7 heteroatoms. The number of fused-ring (bicyclic) bond motifs is 7. The van der Waals surface area contributed by atoms with E-state index in [1.54, 1.807) is 12.4 Å². The quantitative estimate of drug-likeness (QED) is 0.219. The van der Waals surface area contributed by atoms with Gasteiger partial charge >= 0.3 is 0 Å². The minimum Gasteiger partial charge on any atom is -0.344 e. The van der Waals surface area contributed by atoms with Crippen molar-refractivity contribution in [3.8, 4) is 0 Å². The molecule has 0 fully saturated rings. The number of aromatic nitrogens is 4. The van der Waals surface area contributed by atoms with E-state index in [4.69, 9.17) is 22.2 Å². The lowest BCUT2D eigenvalue weighted by molar-refractivity contribution is 0.296. The predicted molar refractivity (Wildman–Crippen MR) is 136 cm³/mol. The van der Waals surface area contributed by atoms with Gasteiger partial charge in [0, 0.05) is 40.9 Å². The molecule has 160 valence electrons. The van der Waals surface area contributed by atoms with Crippen molar-refractivity contribution >= 4 is 66.9 Å². The van der Waals surface area contributed by atoms with Gasteiger partial charge in [0.15, 0.2) is 5.11 Å². The van der Waals surface area contributed by atoms with E-state index in [9.17, 15) is 0 Å². The second-order valence-corrected chi connectivity index (χ2v) is 8.84. The lowest BCUT2D eigenvalue weighted by atomic mass is 10.1. The molecule has 0 saturated carbocycles. The van der Waals surface area contributed by atoms with Gasteiger partial charge in [-0.1, -0.05) is 12.1 Å². The number of nitrogens with zero attached hydrogens (tertiary/aromatic N) is 5. The van der Waals surface area contributed by atoms with Crippen LogP contribution < -0.4 is 5.32 Å². The summed E-state index contributed by atoms with van der Waals surface area (Å²) in [6.45, 7) is 8.57. The summed E-state index contributed by atoms with van der Waals surface area (Å²) in [5, 5.41) is 6.13. The highest BCUT2D eigenvalue weighted by molar-refractivity contribution is 7.80. The van der Waals surface area contributed by atoms with Crippen LogP contribution in [0.25, 0.3) is 43.9 Å². The minimum absolute atomic E-state index is 0.303. The van der Waals surface area contributed by atoms with Gasteiger partial charge in [0.1, 0.15) is 11.0 Å². The number of nitrogens with one attached hydrogen (secondary N) is 1. The molecule has 0 saturated heterocycles. The number of benzene rings is 2. The van der Waals surface area contributed by atoms with E-state index >= 15 is 0 Å². The summed E-state index contributed by atoms with van der Waals surface area (Å²) >= 11 is 5.69. The maximum absolute atomic E-state index is 5.69. The Morgan fingerprint density at radius 1 is 0.781 bits per heavy atom. The maximum Gasteiger partial charge on any atom is 0.173 e. The molecule has 0 bridgehead atoms. The molecule has 32 heavy (non-hydrogen) atoms. The highest BCUT2D eigenvalue weighted by Gasteiger charge is 2.18. The van der Waals surface area contributed by atoms with Crippen LogP contribution in [-0.2, 0) is 0 Å². The molecule has 0 aliphatic carbocycles. The van der Waals surface area contributed by atoms with Crippen LogP contribution in [-0.4, -0.2) is 42.0 Å². The Bertz CT molecular complexity index is 1490. The summed E-state index contributed by atoms with van der Waals surface area (Å²) in [6.07, 6.45) is 3.58. The Morgan fingerprint density at radius 3 is 1.91 bits per heavy atom. The number of hydrogen-bond donors (Lipinski definition) is 1. The zero-order chi connectivity index (χ0) is 22.4. The summed E-state index contributed by atoms with van der Waals surface area (Å²) in [5.74, 6) is 0. The van der Waals surface area contributed by atoms with Crippen molar-refractivity contribution in [2.45, 2.75) is 39.8 Å². The molecule has 0 atom stereocenters. The first kappa shape index (κ1) is 20.5. The third-order valence-electron chi connectivity index (χ3n) is 5.62. The Morgan fingerprint density at radius 2 is 1.34 bits per heavy atom. The molecule has 0 aliphatic rings. The van der Waals surface area contributed by atoms with Gasteiger partial charge in [0.05, 0.1) is 22.1 Å². The average molecular weight is 441 g/mol. The third kappa shape index (κ3) is 3.39. The van der Waals surface area contributed by atoms with Crippen molar-refractivity contribution in [2.75, 3.05) is 5.32 Å². The topological polar surface area (TPSA) is 66.8 Å². The fourth-order valence-electron chi connectivity index (χ4n) is 4.34. The van der Waals surface area contributed by atoms with Gasteiger partial charge in [-0.05, 0) is 70.2 Å². The second-order valence-electron chi connectivity index (χ2n) is 8.45. The van der Waals surface area contributed by atoms with E-state index < -0.39 is 0 Å². The second kappa shape index (κ2) is 7.91. The first-order chi connectivity index (χ1) is 15.4. The van der Waals surface area contributed by atoms with Crippen molar-refractivity contribution in [1.29, 1.82) is 0 Å². The molecule has 3 heterocycles. The fourth-order valence-corrected chi connectivity index (χ4v) is 4.88. The van der Waals surface area contributed by atoms with E-state index in [1.807, 2.05) is 30.3 Å². The first-order valence-electron chi connectivity index (χ1n) is 10.8. The molecule has 2 aromatic carbocycles. The van der Waals surface area contributed by atoms with Gasteiger partial charge in [-0.15, -0.1) is 0 Å². The Balaban J connectivity index is 1.68. The van der Waals surface area contributed by atoms with Gasteiger partial charge in [-0.25, -0.2) is 9.97 Å². The van der Waals surface area contributed by atoms with Crippen LogP contribution in [0.15, 0.2) is 54.9 Å². The Hall–Kier alpha value is -3.45. The zero-order valence-electron chi connectivity index (χ0n) is 18.5. The standard InChI is InChI=1S/C25H24N6S/c1-14(2)31(15(3)4)25(32)28-16-9-10-19-20(13-16)30-24-22-18(8-6-12-27-22)17-7-5-11-26-21(17)23(24)29-19/h5-15H,1-4H3,(H,28,32). The SMILES string of the molecule is CC(C)N(C(=S)Nc1ccc2nc3c4ncccc4c4cccnc4c3nc2c1)C(C)C. The smallest absolute Gasteiger partial charge is 0.173 e. The van der Waals surface area contributed by atoms with Crippen LogP contribution in [0.2, 0.25) is 0 Å². The summed E-state index contributed by atoms with van der Waals surface area (Å²) in [4.78, 5) is 21.3. The lowest BCUT2D eigenvalue weighted by Gasteiger charge is -2.33. The summed E-state index contributed by atoms with van der Waals surface area (Å²) < 4.78 is 0.